The van der Waals surface area contributed by atoms with Crippen LogP contribution in [0.4, 0.5) is 0 Å². The Kier molecular flexibility index (Phi) is 69.3. The summed E-state index contributed by atoms with van der Waals surface area (Å²) in [4.78, 5) is 8.00. The standard InChI is InChI=1S/Co.HNO2.Na/c;2-1-3;/h;(H,2,3);/q;;+1/p-1. The van der Waals surface area contributed by atoms with Crippen molar-refractivity contribution in [2.45, 2.75) is 0 Å². The first-order chi connectivity index (χ1) is 1.41. The normalized spacial score (nSPS) is 2.40. The molecule has 0 aromatic rings. The molecule has 5 heavy (non-hydrogen) atoms. The van der Waals surface area contributed by atoms with Gasteiger partial charge < -0.3 is 10.1 Å². The van der Waals surface area contributed by atoms with Crippen molar-refractivity contribution < 1.29 is 46.3 Å². The van der Waals surface area contributed by atoms with Crippen molar-refractivity contribution in [1.29, 1.82) is 0 Å². The van der Waals surface area contributed by atoms with Crippen LogP contribution >= 0.6 is 0 Å². The van der Waals surface area contributed by atoms with Gasteiger partial charge in [0.25, 0.3) is 0 Å². The molecular formula is CoNNaO2. The Morgan fingerprint density at radius 3 is 1.60 bits per heavy atom. The molecule has 0 aliphatic heterocycles. The van der Waals surface area contributed by atoms with E-state index in [4.69, 9.17) is 10.1 Å². The van der Waals surface area contributed by atoms with Crippen molar-refractivity contribution in [1.82, 2.24) is 0 Å². The van der Waals surface area contributed by atoms with Gasteiger partial charge in [-0.05, 0) is 0 Å². The third-order valence-corrected chi connectivity index (χ3v) is 0. The Labute approximate surface area is 61.6 Å². The third-order valence-electron chi connectivity index (χ3n) is 0. The Morgan fingerprint density at radius 1 is 1.60 bits per heavy atom. The first kappa shape index (κ1) is 16.8. The summed E-state index contributed by atoms with van der Waals surface area (Å²) < 4.78 is 0. The fourth-order valence-corrected chi connectivity index (χ4v) is 0. The van der Waals surface area contributed by atoms with Crippen LogP contribution in [0.5, 0.6) is 0 Å². The Hall–Kier alpha value is 0.906. The van der Waals surface area contributed by atoms with E-state index < -0.39 is 0 Å². The molecule has 0 N–H and O–H groups in total. The second-order valence-electron chi connectivity index (χ2n) is 0.0745. The van der Waals surface area contributed by atoms with Crippen molar-refractivity contribution in [3.63, 3.8) is 0 Å². The zero-order valence-electron chi connectivity index (χ0n) is 2.60. The largest absolute Gasteiger partial charge is 1.00 e. The molecule has 3 nitrogen and oxygen atoms in total. The Morgan fingerprint density at radius 2 is 1.60 bits per heavy atom. The SMILES string of the molecule is O=N[O-].[Co].[Na+]. The van der Waals surface area contributed by atoms with E-state index in [2.05, 4.69) is 0 Å². The predicted octanol–water partition coefficient (Wildman–Crippen LogP) is -2.75. The van der Waals surface area contributed by atoms with Gasteiger partial charge in [0, 0.05) is 16.8 Å². The maximum atomic E-state index is 8.00. The molecule has 0 aromatic heterocycles. The molecule has 0 unspecified atom stereocenters. The summed E-state index contributed by atoms with van der Waals surface area (Å²) >= 11 is 0. The summed E-state index contributed by atoms with van der Waals surface area (Å²) in [5.41, 5.74) is 0. The van der Waals surface area contributed by atoms with Crippen LogP contribution in [-0.2, 0) is 16.8 Å². The van der Waals surface area contributed by atoms with Crippen molar-refractivity contribution in [3.05, 3.63) is 10.1 Å². The van der Waals surface area contributed by atoms with Gasteiger partial charge in [0.2, 0.25) is 0 Å². The van der Waals surface area contributed by atoms with E-state index in [0.717, 1.165) is 5.34 Å². The molecule has 1 radical (unpaired) electrons. The monoisotopic (exact) mass is 128 g/mol. The molecule has 0 heterocycles. The molecule has 0 spiro atoms. The molecule has 0 fully saturated rings. The second kappa shape index (κ2) is 20.6. The van der Waals surface area contributed by atoms with Gasteiger partial charge >= 0.3 is 29.6 Å². The Balaban J connectivity index is -0.0000000200. The van der Waals surface area contributed by atoms with E-state index in [1.807, 2.05) is 0 Å². The zero-order chi connectivity index (χ0) is 2.71. The minimum atomic E-state index is 0. The molecule has 0 saturated heterocycles. The minimum absolute atomic E-state index is 0. The number of hydrogen-bond donors (Lipinski definition) is 0. The summed E-state index contributed by atoms with van der Waals surface area (Å²) in [6, 6.07) is 0. The summed E-state index contributed by atoms with van der Waals surface area (Å²) in [6.45, 7) is 0. The van der Waals surface area contributed by atoms with Crippen LogP contribution in [0, 0.1) is 10.1 Å². The molecule has 0 aromatic carbocycles. The van der Waals surface area contributed by atoms with Crippen molar-refractivity contribution in [2.75, 3.05) is 0 Å². The van der Waals surface area contributed by atoms with Crippen LogP contribution in [-0.4, -0.2) is 0 Å². The van der Waals surface area contributed by atoms with Gasteiger partial charge in [0.05, 0.1) is 0 Å². The van der Waals surface area contributed by atoms with Crippen LogP contribution in [0.1, 0.15) is 0 Å². The third kappa shape index (κ3) is 50.4. The maximum absolute atomic E-state index is 8.00. The van der Waals surface area contributed by atoms with Crippen molar-refractivity contribution >= 4 is 0 Å². The van der Waals surface area contributed by atoms with E-state index in [0.29, 0.717) is 0 Å². The fraction of sp³-hybridized carbons (Fsp3) is 0. The van der Waals surface area contributed by atoms with E-state index in [-0.39, 0.29) is 46.3 Å². The van der Waals surface area contributed by atoms with Gasteiger partial charge in [0.1, 0.15) is 0 Å². The first-order valence-corrected chi connectivity index (χ1v) is 0.365. The molecule has 0 aliphatic carbocycles. The predicted molar refractivity (Wildman–Crippen MR) is 9.16 cm³/mol. The maximum Gasteiger partial charge on any atom is 1.00 e. The summed E-state index contributed by atoms with van der Waals surface area (Å²) in [6.07, 6.45) is 0. The summed E-state index contributed by atoms with van der Waals surface area (Å²) in [7, 11) is 0. The van der Waals surface area contributed by atoms with Crippen LogP contribution in [0.15, 0.2) is 5.34 Å². The van der Waals surface area contributed by atoms with Gasteiger partial charge in [0.15, 0.2) is 0 Å². The number of hydrogen-bond acceptors (Lipinski definition) is 3. The molecule has 5 heteroatoms. The van der Waals surface area contributed by atoms with Crippen molar-refractivity contribution in [2.24, 2.45) is 5.34 Å². The summed E-state index contributed by atoms with van der Waals surface area (Å²) in [5.74, 6) is 0. The van der Waals surface area contributed by atoms with Crippen LogP contribution in [0.3, 0.4) is 0 Å². The van der Waals surface area contributed by atoms with Gasteiger partial charge in [-0.2, -0.15) is 0 Å². The van der Waals surface area contributed by atoms with E-state index in [1.165, 1.54) is 0 Å². The van der Waals surface area contributed by atoms with Crippen LogP contribution in [0.2, 0.25) is 0 Å². The van der Waals surface area contributed by atoms with Gasteiger partial charge in [-0.1, -0.05) is 0 Å². The topological polar surface area (TPSA) is 52.5 Å². The molecule has 27 valence electrons. The number of nitrogens with zero attached hydrogens (tertiary/aromatic N) is 1. The van der Waals surface area contributed by atoms with Crippen LogP contribution < -0.4 is 29.6 Å². The van der Waals surface area contributed by atoms with E-state index in [9.17, 15) is 0 Å². The second-order valence-corrected chi connectivity index (χ2v) is 0.0745. The fourth-order valence-electron chi connectivity index (χ4n) is 0. The average Bonchev–Trinajstić information content (AvgIpc) is 0.918. The zero-order valence-corrected chi connectivity index (χ0v) is 5.64. The van der Waals surface area contributed by atoms with Crippen molar-refractivity contribution in [3.8, 4) is 0 Å². The van der Waals surface area contributed by atoms with E-state index >= 15 is 0 Å². The van der Waals surface area contributed by atoms with Crippen LogP contribution in [0.25, 0.3) is 0 Å². The molecular weight excluding hydrogens is 128 g/mol. The molecule has 0 atom stereocenters. The molecule has 0 amide bonds. The van der Waals surface area contributed by atoms with Gasteiger partial charge in [-0.25, -0.2) is 0 Å². The Bertz CT molecular complexity index is 17.1. The average molecular weight is 128 g/mol. The van der Waals surface area contributed by atoms with Gasteiger partial charge in [-0.15, -0.1) is 5.34 Å². The molecule has 0 saturated carbocycles. The summed E-state index contributed by atoms with van der Waals surface area (Å²) in [5, 5.41) is 9.00. The van der Waals surface area contributed by atoms with E-state index in [1.54, 1.807) is 0 Å². The first-order valence-electron chi connectivity index (χ1n) is 0.365. The molecule has 0 bridgehead atoms. The van der Waals surface area contributed by atoms with Gasteiger partial charge in [-0.3, -0.25) is 0 Å². The minimum Gasteiger partial charge on any atom is -0.444 e. The molecule has 0 aliphatic rings. The number of rotatable bonds is 0. The smallest absolute Gasteiger partial charge is 0.444 e. The quantitative estimate of drug-likeness (QED) is 0.202. The molecule has 0 rings (SSSR count).